The van der Waals surface area contributed by atoms with Crippen LogP contribution in [0.4, 0.5) is 0 Å². The van der Waals surface area contributed by atoms with Gasteiger partial charge in [-0.2, -0.15) is 0 Å². The lowest BCUT2D eigenvalue weighted by molar-refractivity contribution is -0.186. The molecule has 0 bridgehead atoms. The molecule has 0 radical (unpaired) electrons. The summed E-state index contributed by atoms with van der Waals surface area (Å²) >= 11 is 0. The first-order valence-corrected chi connectivity index (χ1v) is 8.23. The number of carbonyl (C=O) groups excluding carboxylic acids is 1. The molecular formula is C17H24N2O3. The summed E-state index contributed by atoms with van der Waals surface area (Å²) < 4.78 is 11.9. The van der Waals surface area contributed by atoms with Gasteiger partial charge in [0.2, 0.25) is 5.91 Å². The maximum Gasteiger partial charge on any atom is 0.220 e. The highest BCUT2D eigenvalue weighted by molar-refractivity contribution is 5.76. The van der Waals surface area contributed by atoms with Crippen molar-refractivity contribution in [1.29, 1.82) is 0 Å². The molecule has 1 aromatic rings. The fourth-order valence-electron chi connectivity index (χ4n) is 3.19. The van der Waals surface area contributed by atoms with Crippen LogP contribution in [0.3, 0.4) is 0 Å². The summed E-state index contributed by atoms with van der Waals surface area (Å²) in [5.74, 6) is -0.296. The van der Waals surface area contributed by atoms with Crippen LogP contribution in [0.1, 0.15) is 44.1 Å². The van der Waals surface area contributed by atoms with Crippen molar-refractivity contribution in [2.45, 2.75) is 56.8 Å². The molecule has 1 aromatic heterocycles. The van der Waals surface area contributed by atoms with Gasteiger partial charge < -0.3 is 14.8 Å². The Balaban J connectivity index is 1.37. The number of nitrogens with zero attached hydrogens (tertiary/aromatic N) is 1. The smallest absolute Gasteiger partial charge is 0.220 e. The van der Waals surface area contributed by atoms with E-state index in [4.69, 9.17) is 9.47 Å². The quantitative estimate of drug-likeness (QED) is 0.906. The van der Waals surface area contributed by atoms with Crippen LogP contribution in [0.5, 0.6) is 0 Å². The van der Waals surface area contributed by atoms with Gasteiger partial charge in [-0.1, -0.05) is 6.42 Å². The molecular weight excluding hydrogens is 280 g/mol. The van der Waals surface area contributed by atoms with Crippen LogP contribution in [0.15, 0.2) is 24.5 Å². The molecule has 1 unspecified atom stereocenters. The van der Waals surface area contributed by atoms with Gasteiger partial charge in [-0.05, 0) is 37.0 Å². The zero-order valence-electron chi connectivity index (χ0n) is 12.9. The summed E-state index contributed by atoms with van der Waals surface area (Å²) in [6.07, 6.45) is 10.3. The largest absolute Gasteiger partial charge is 0.353 e. The summed E-state index contributed by atoms with van der Waals surface area (Å²) in [5.41, 5.74) is 1.13. The van der Waals surface area contributed by atoms with Gasteiger partial charge >= 0.3 is 0 Å². The number of amides is 1. The van der Waals surface area contributed by atoms with E-state index in [0.717, 1.165) is 24.8 Å². The molecule has 2 heterocycles. The molecule has 1 aliphatic heterocycles. The van der Waals surface area contributed by atoms with Crippen LogP contribution < -0.4 is 5.32 Å². The van der Waals surface area contributed by atoms with E-state index >= 15 is 0 Å². The Morgan fingerprint density at radius 3 is 2.82 bits per heavy atom. The minimum Gasteiger partial charge on any atom is -0.353 e. The Morgan fingerprint density at radius 1 is 1.27 bits per heavy atom. The molecule has 5 heteroatoms. The van der Waals surface area contributed by atoms with Gasteiger partial charge in [0.25, 0.3) is 0 Å². The van der Waals surface area contributed by atoms with Crippen molar-refractivity contribution < 1.29 is 14.3 Å². The van der Waals surface area contributed by atoms with Crippen LogP contribution in [0.25, 0.3) is 0 Å². The monoisotopic (exact) mass is 304 g/mol. The van der Waals surface area contributed by atoms with E-state index in [-0.39, 0.29) is 17.8 Å². The minimum atomic E-state index is -0.356. The van der Waals surface area contributed by atoms with Gasteiger partial charge in [0, 0.05) is 38.2 Å². The molecule has 2 aliphatic rings. The van der Waals surface area contributed by atoms with Crippen LogP contribution in [-0.4, -0.2) is 35.9 Å². The molecule has 120 valence electrons. The first-order chi connectivity index (χ1) is 10.8. The van der Waals surface area contributed by atoms with Gasteiger partial charge in [0.15, 0.2) is 5.79 Å². The zero-order valence-corrected chi connectivity index (χ0v) is 12.9. The van der Waals surface area contributed by atoms with Crippen molar-refractivity contribution in [3.8, 4) is 0 Å². The lowest BCUT2D eigenvalue weighted by Crippen LogP contribution is -2.37. The Morgan fingerprint density at radius 2 is 2.05 bits per heavy atom. The third-order valence-corrected chi connectivity index (χ3v) is 4.45. The lowest BCUT2D eigenvalue weighted by Gasteiger charge is -2.31. The molecule has 1 amide bonds. The molecule has 1 spiro atoms. The molecule has 1 saturated heterocycles. The number of hydrogen-bond acceptors (Lipinski definition) is 4. The molecule has 2 fully saturated rings. The summed E-state index contributed by atoms with van der Waals surface area (Å²) in [6, 6.07) is 3.88. The number of rotatable bonds is 5. The number of nitrogens with one attached hydrogen (secondary N) is 1. The van der Waals surface area contributed by atoms with E-state index < -0.39 is 0 Å². The second-order valence-corrected chi connectivity index (χ2v) is 6.18. The first kappa shape index (κ1) is 15.4. The molecule has 22 heavy (non-hydrogen) atoms. The lowest BCUT2D eigenvalue weighted by atomic mass is 9.94. The molecule has 3 rings (SSSR count). The van der Waals surface area contributed by atoms with Crippen molar-refractivity contribution in [2.24, 2.45) is 0 Å². The maximum absolute atomic E-state index is 11.9. The number of hydrogen-bond donors (Lipinski definition) is 1. The van der Waals surface area contributed by atoms with Gasteiger partial charge in [0.1, 0.15) is 6.10 Å². The van der Waals surface area contributed by atoms with Crippen LogP contribution >= 0.6 is 0 Å². The number of carbonyl (C=O) groups is 1. The summed E-state index contributed by atoms with van der Waals surface area (Å²) in [7, 11) is 0. The number of aromatic nitrogens is 1. The summed E-state index contributed by atoms with van der Waals surface area (Å²) in [4.78, 5) is 15.9. The number of aryl methyl sites for hydroxylation is 1. The van der Waals surface area contributed by atoms with Crippen molar-refractivity contribution in [3.05, 3.63) is 30.1 Å². The average molecular weight is 304 g/mol. The fourth-order valence-corrected chi connectivity index (χ4v) is 3.19. The van der Waals surface area contributed by atoms with E-state index in [9.17, 15) is 4.79 Å². The molecule has 5 nitrogen and oxygen atoms in total. The summed E-state index contributed by atoms with van der Waals surface area (Å²) in [6.45, 7) is 1.13. The van der Waals surface area contributed by atoms with Gasteiger partial charge in [-0.25, -0.2) is 0 Å². The molecule has 1 aliphatic carbocycles. The van der Waals surface area contributed by atoms with Gasteiger partial charge in [-0.15, -0.1) is 0 Å². The standard InChI is InChI=1S/C17H24N2O3/c20-16(5-4-14-6-10-18-11-7-14)19-12-15-13-21-17(22-15)8-2-1-3-9-17/h6-7,10-11,15H,1-5,8-9,12-13H2,(H,19,20). The van der Waals surface area contributed by atoms with E-state index in [1.807, 2.05) is 12.1 Å². The molecule has 1 N–H and O–H groups in total. The molecule has 1 atom stereocenters. The Hall–Kier alpha value is -1.46. The van der Waals surface area contributed by atoms with Crippen LogP contribution in [-0.2, 0) is 20.7 Å². The van der Waals surface area contributed by atoms with Gasteiger partial charge in [-0.3, -0.25) is 9.78 Å². The van der Waals surface area contributed by atoms with Crippen molar-refractivity contribution >= 4 is 5.91 Å². The Kier molecular flexibility index (Phi) is 5.05. The Bertz CT molecular complexity index is 486. The zero-order chi connectivity index (χ0) is 15.3. The fraction of sp³-hybridized carbons (Fsp3) is 0.647. The highest BCUT2D eigenvalue weighted by atomic mass is 16.7. The second kappa shape index (κ2) is 7.20. The number of ether oxygens (including phenoxy) is 2. The normalized spacial score (nSPS) is 23.5. The third-order valence-electron chi connectivity index (χ3n) is 4.45. The predicted molar refractivity (Wildman–Crippen MR) is 82.2 cm³/mol. The van der Waals surface area contributed by atoms with Crippen molar-refractivity contribution in [3.63, 3.8) is 0 Å². The highest BCUT2D eigenvalue weighted by Crippen LogP contribution is 2.37. The first-order valence-electron chi connectivity index (χ1n) is 8.23. The highest BCUT2D eigenvalue weighted by Gasteiger charge is 2.42. The third kappa shape index (κ3) is 4.05. The topological polar surface area (TPSA) is 60.5 Å². The van der Waals surface area contributed by atoms with E-state index in [1.54, 1.807) is 12.4 Å². The number of pyridine rings is 1. The van der Waals surface area contributed by atoms with E-state index in [0.29, 0.717) is 19.6 Å². The Labute approximate surface area is 131 Å². The molecule has 1 saturated carbocycles. The van der Waals surface area contributed by atoms with Crippen LogP contribution in [0, 0.1) is 0 Å². The van der Waals surface area contributed by atoms with Crippen molar-refractivity contribution in [2.75, 3.05) is 13.2 Å². The van der Waals surface area contributed by atoms with E-state index in [1.165, 1.54) is 19.3 Å². The second-order valence-electron chi connectivity index (χ2n) is 6.18. The van der Waals surface area contributed by atoms with Crippen molar-refractivity contribution in [1.82, 2.24) is 10.3 Å². The SMILES string of the molecule is O=C(CCc1ccncc1)NCC1COC2(CCCCC2)O1. The molecule has 0 aromatic carbocycles. The predicted octanol–water partition coefficient (Wildman–Crippen LogP) is 2.21. The maximum atomic E-state index is 11.9. The average Bonchev–Trinajstić information content (AvgIpc) is 2.95. The summed E-state index contributed by atoms with van der Waals surface area (Å²) in [5, 5.41) is 2.96. The van der Waals surface area contributed by atoms with E-state index in [2.05, 4.69) is 10.3 Å². The van der Waals surface area contributed by atoms with Gasteiger partial charge in [0.05, 0.1) is 6.61 Å². The van der Waals surface area contributed by atoms with Crippen LogP contribution in [0.2, 0.25) is 0 Å². The minimum absolute atomic E-state index is 0.0111.